The standard InChI is InChI=1S/2C13H22O6.3C11H18O6.C8H14O4/c1-6-17-7-10(14)18-8-11(15)19-9(2)12(16)13(3,4)5;1-6-17-8-11(15)19-9(2)12(16)18-7-10(14)13(3,4)5;2*1-7(17-9(14)5-12)10(15)16-6-8(13)11(2,3)4;1-7(10(15)11(2,3)4)17-9(14)6-16-8(13)5-12;1-5(6(9)10)12-7(11)8(2,3)4/h2*9H,6-8H2,1-5H3;3*7,12H,5-6H2,1-4H3;5H,1-4H3,(H,9,10). The summed E-state index contributed by atoms with van der Waals surface area (Å²) in [6.07, 6.45) is -6.16. The van der Waals surface area contributed by atoms with Crippen LogP contribution in [0.2, 0.25) is 0 Å². The maximum atomic E-state index is 11.8. The molecular formula is C67H112O34. The van der Waals surface area contributed by atoms with Crippen LogP contribution in [0.15, 0.2) is 0 Å². The number of carbonyl (C=O) groups excluding carboxylic acids is 16. The van der Waals surface area contributed by atoms with Crippen molar-refractivity contribution in [1.82, 2.24) is 0 Å². The number of aliphatic hydroxyl groups is 3. The molecule has 0 aromatic rings. The lowest BCUT2D eigenvalue weighted by molar-refractivity contribution is -0.170. The van der Waals surface area contributed by atoms with Crippen LogP contribution >= 0.6 is 0 Å². The van der Waals surface area contributed by atoms with E-state index in [2.05, 4.69) is 23.7 Å². The van der Waals surface area contributed by atoms with Gasteiger partial charge in [0.05, 0.1) is 5.41 Å². The third-order valence-electron chi connectivity index (χ3n) is 11.5. The molecule has 4 N–H and O–H groups in total. The zero-order valence-corrected chi connectivity index (χ0v) is 63.5. The molecule has 0 spiro atoms. The van der Waals surface area contributed by atoms with Crippen LogP contribution in [0, 0.1) is 32.5 Å². The van der Waals surface area contributed by atoms with Crippen LogP contribution in [0.5, 0.6) is 0 Å². The van der Waals surface area contributed by atoms with E-state index < -0.39 is 174 Å². The second kappa shape index (κ2) is 51.0. The van der Waals surface area contributed by atoms with Crippen molar-refractivity contribution in [1.29, 1.82) is 0 Å². The Hall–Kier alpha value is -8.21. The van der Waals surface area contributed by atoms with Gasteiger partial charge in [-0.2, -0.15) is 0 Å². The molecule has 0 fully saturated rings. The van der Waals surface area contributed by atoms with Crippen LogP contribution in [0.1, 0.15) is 180 Å². The van der Waals surface area contributed by atoms with Gasteiger partial charge < -0.3 is 82.0 Å². The number of Topliss-reactive ketones (excluding diaryl/α,β-unsaturated/α-hetero) is 5. The Morgan fingerprint density at radius 2 is 0.525 bits per heavy atom. The molecule has 0 aromatic heterocycles. The number of aliphatic carboxylic acids is 1. The van der Waals surface area contributed by atoms with Crippen LogP contribution in [-0.4, -0.2) is 237 Å². The highest BCUT2D eigenvalue weighted by atomic mass is 16.6. The predicted molar refractivity (Wildman–Crippen MR) is 352 cm³/mol. The minimum Gasteiger partial charge on any atom is -0.479 e. The van der Waals surface area contributed by atoms with E-state index in [4.69, 9.17) is 58.3 Å². The molecule has 0 rings (SSSR count). The van der Waals surface area contributed by atoms with Crippen LogP contribution in [0.4, 0.5) is 0 Å². The summed E-state index contributed by atoms with van der Waals surface area (Å²) in [6.45, 7) is 38.3. The summed E-state index contributed by atoms with van der Waals surface area (Å²) in [5.74, 6) is -10.7. The van der Waals surface area contributed by atoms with Crippen molar-refractivity contribution in [2.24, 2.45) is 32.5 Å². The molecule has 0 heterocycles. The maximum absolute atomic E-state index is 11.8. The second-order valence-corrected chi connectivity index (χ2v) is 27.4. The van der Waals surface area contributed by atoms with E-state index in [0.29, 0.717) is 13.2 Å². The van der Waals surface area contributed by atoms with Gasteiger partial charge in [0, 0.05) is 40.3 Å². The Bertz CT molecular complexity index is 2620. The van der Waals surface area contributed by atoms with E-state index in [-0.39, 0.29) is 62.0 Å². The van der Waals surface area contributed by atoms with E-state index in [1.807, 2.05) is 0 Å². The highest BCUT2D eigenvalue weighted by Crippen LogP contribution is 2.21. The zero-order chi connectivity index (χ0) is 81.0. The summed E-state index contributed by atoms with van der Waals surface area (Å²) in [7, 11) is 0. The number of hydrogen-bond acceptors (Lipinski definition) is 33. The minimum atomic E-state index is -1.14. The first-order chi connectivity index (χ1) is 45.6. The Labute approximate surface area is 590 Å². The molecule has 34 nitrogen and oxygen atoms in total. The molecule has 0 saturated heterocycles. The highest BCUT2D eigenvalue weighted by Gasteiger charge is 2.33. The molecular weight excluding hydrogens is 1350 g/mol. The summed E-state index contributed by atoms with van der Waals surface area (Å²) in [5, 5.41) is 33.6. The summed E-state index contributed by atoms with van der Waals surface area (Å²) in [5.41, 5.74) is -3.61. The monoisotopic (exact) mass is 1460 g/mol. The summed E-state index contributed by atoms with van der Waals surface area (Å²) in [4.78, 5) is 190. The van der Waals surface area contributed by atoms with Gasteiger partial charge in [-0.1, -0.05) is 104 Å². The van der Waals surface area contributed by atoms with E-state index in [1.165, 1.54) is 41.5 Å². The van der Waals surface area contributed by atoms with Crippen LogP contribution < -0.4 is 0 Å². The van der Waals surface area contributed by atoms with Gasteiger partial charge in [0.2, 0.25) is 0 Å². The van der Waals surface area contributed by atoms with Crippen molar-refractivity contribution in [2.45, 2.75) is 217 Å². The topological polar surface area (TPSA) is 491 Å². The lowest BCUT2D eigenvalue weighted by Crippen LogP contribution is -2.35. The van der Waals surface area contributed by atoms with Crippen LogP contribution in [0.3, 0.4) is 0 Å². The van der Waals surface area contributed by atoms with E-state index in [1.54, 1.807) is 138 Å². The summed E-state index contributed by atoms with van der Waals surface area (Å²) < 4.78 is 60.9. The van der Waals surface area contributed by atoms with E-state index in [9.17, 15) is 81.5 Å². The first-order valence-electron chi connectivity index (χ1n) is 31.5. The first kappa shape index (κ1) is 104. The number of ketones is 5. The first-order valence-corrected chi connectivity index (χ1v) is 31.5. The third-order valence-corrected chi connectivity index (χ3v) is 11.5. The Morgan fingerprint density at radius 1 is 0.277 bits per heavy atom. The minimum absolute atomic E-state index is 0.193. The fourth-order valence-corrected chi connectivity index (χ4v) is 5.17. The SMILES string of the molecule is CC(OC(=O)C(C)(C)C)C(=O)O.CC(OC(=O)CO)C(=O)OCC(=O)C(C)(C)C.CC(OC(=O)CO)C(=O)OCC(=O)C(C)(C)C.CC(OC(=O)COC(=O)CO)C(=O)C(C)(C)C.CCOCC(=O)OC(C)C(=O)OCC(=O)C(C)(C)C.CCOCC(=O)OCC(=O)OC(C)C(=O)C(C)(C)C. The molecule has 0 bridgehead atoms. The summed E-state index contributed by atoms with van der Waals surface area (Å²) in [6, 6.07) is 0. The quantitative estimate of drug-likeness (QED) is 0.0570. The fraction of sp³-hybridized carbons (Fsp3) is 0.746. The summed E-state index contributed by atoms with van der Waals surface area (Å²) >= 11 is 0. The maximum Gasteiger partial charge on any atom is 0.347 e. The van der Waals surface area contributed by atoms with Gasteiger partial charge >= 0.3 is 71.6 Å². The number of aliphatic hydroxyl groups excluding tert-OH is 3. The van der Waals surface area contributed by atoms with Gasteiger partial charge in [-0.3, -0.25) is 28.8 Å². The van der Waals surface area contributed by atoms with Crippen LogP contribution in [-0.2, 0) is 143 Å². The van der Waals surface area contributed by atoms with Gasteiger partial charge in [-0.25, -0.2) is 52.7 Å². The Morgan fingerprint density at radius 3 is 0.762 bits per heavy atom. The molecule has 0 aliphatic rings. The number of carboxylic acid groups (broad SMARTS) is 1. The Kier molecular flexibility index (Phi) is 52.4. The molecule has 0 aromatic carbocycles. The lowest BCUT2D eigenvalue weighted by Gasteiger charge is -2.21. The third kappa shape index (κ3) is 56.2. The second-order valence-electron chi connectivity index (χ2n) is 27.4. The molecule has 584 valence electrons. The molecule has 6 unspecified atom stereocenters. The molecule has 0 aliphatic carbocycles. The van der Waals surface area contributed by atoms with Gasteiger partial charge in [-0.05, 0) is 76.2 Å². The number of ether oxygens (including phenoxy) is 13. The zero-order valence-electron chi connectivity index (χ0n) is 63.5. The van der Waals surface area contributed by atoms with Crippen molar-refractivity contribution in [2.75, 3.05) is 79.3 Å². The number of hydrogen-bond donors (Lipinski definition) is 4. The average molecular weight is 1460 g/mol. The van der Waals surface area contributed by atoms with Crippen molar-refractivity contribution in [3.05, 3.63) is 0 Å². The normalized spacial score (nSPS) is 12.8. The number of rotatable bonds is 31. The molecule has 0 aliphatic heterocycles. The fourth-order valence-electron chi connectivity index (χ4n) is 5.17. The smallest absolute Gasteiger partial charge is 0.347 e. The van der Waals surface area contributed by atoms with Crippen LogP contribution in [0.25, 0.3) is 0 Å². The number of carbonyl (C=O) groups is 17. The molecule has 0 saturated carbocycles. The Balaban J connectivity index is -0.000000269. The number of esters is 11. The van der Waals surface area contributed by atoms with Crippen molar-refractivity contribution in [3.8, 4) is 0 Å². The molecule has 101 heavy (non-hydrogen) atoms. The van der Waals surface area contributed by atoms with Crippen molar-refractivity contribution < 1.29 is 164 Å². The largest absolute Gasteiger partial charge is 0.479 e. The number of carboxylic acids is 1. The van der Waals surface area contributed by atoms with Gasteiger partial charge in [-0.15, -0.1) is 0 Å². The van der Waals surface area contributed by atoms with E-state index in [0.717, 1.165) is 0 Å². The molecule has 34 heteroatoms. The van der Waals surface area contributed by atoms with Crippen molar-refractivity contribution in [3.63, 3.8) is 0 Å². The lowest BCUT2D eigenvalue weighted by atomic mass is 9.88. The predicted octanol–water partition coefficient (Wildman–Crippen LogP) is 3.48. The molecule has 0 amide bonds. The molecule has 6 atom stereocenters. The van der Waals surface area contributed by atoms with Gasteiger partial charge in [0.15, 0.2) is 98.6 Å². The van der Waals surface area contributed by atoms with Gasteiger partial charge in [0.25, 0.3) is 0 Å². The average Bonchev–Trinajstić information content (AvgIpc) is 0.902. The van der Waals surface area contributed by atoms with Crippen molar-refractivity contribution >= 4 is 101 Å². The van der Waals surface area contributed by atoms with E-state index >= 15 is 0 Å². The highest BCUT2D eigenvalue weighted by molar-refractivity contribution is 5.92. The van der Waals surface area contributed by atoms with Gasteiger partial charge in [0.1, 0.15) is 33.0 Å². The molecule has 0 radical (unpaired) electrons.